The van der Waals surface area contributed by atoms with Crippen LogP contribution in [0.15, 0.2) is 76.1 Å². The number of carbonyl (C=O) groups excluding carboxylic acids is 1. The highest BCUT2D eigenvalue weighted by Crippen LogP contribution is 2.15. The van der Waals surface area contributed by atoms with Crippen LogP contribution >= 0.6 is 0 Å². The van der Waals surface area contributed by atoms with Crippen molar-refractivity contribution in [3.8, 4) is 5.75 Å². The number of hydrogen-bond acceptors (Lipinski definition) is 6. The van der Waals surface area contributed by atoms with Gasteiger partial charge in [0.25, 0.3) is 5.56 Å². The van der Waals surface area contributed by atoms with Gasteiger partial charge in [0.05, 0.1) is 23.7 Å². The number of rotatable bonds is 7. The molecule has 0 aliphatic carbocycles. The molecule has 31 heavy (non-hydrogen) atoms. The van der Waals surface area contributed by atoms with Crippen LogP contribution in [0, 0.1) is 5.82 Å². The van der Waals surface area contributed by atoms with Crippen molar-refractivity contribution in [2.45, 2.75) is 26.2 Å². The third kappa shape index (κ3) is 4.63. The van der Waals surface area contributed by atoms with Crippen molar-refractivity contribution in [3.63, 3.8) is 0 Å². The molecule has 0 saturated heterocycles. The van der Waals surface area contributed by atoms with Gasteiger partial charge >= 0.3 is 5.97 Å². The van der Waals surface area contributed by atoms with Crippen molar-refractivity contribution in [2.24, 2.45) is 0 Å². The first-order valence-corrected chi connectivity index (χ1v) is 9.61. The summed E-state index contributed by atoms with van der Waals surface area (Å²) in [5, 5.41) is 0.456. The first kappa shape index (κ1) is 20.3. The number of furan rings is 1. The van der Waals surface area contributed by atoms with E-state index in [2.05, 4.69) is 4.98 Å². The van der Waals surface area contributed by atoms with Crippen LogP contribution in [0.5, 0.6) is 5.75 Å². The maximum atomic E-state index is 13.0. The molecule has 158 valence electrons. The van der Waals surface area contributed by atoms with Gasteiger partial charge in [0, 0.05) is 0 Å². The van der Waals surface area contributed by atoms with E-state index in [9.17, 15) is 14.0 Å². The number of halogens is 1. The van der Waals surface area contributed by atoms with Gasteiger partial charge in [-0.3, -0.25) is 9.36 Å². The zero-order valence-electron chi connectivity index (χ0n) is 16.7. The summed E-state index contributed by atoms with van der Waals surface area (Å²) in [6.45, 7) is 1.45. The zero-order chi connectivity index (χ0) is 21.8. The molecule has 0 spiro atoms. The highest BCUT2D eigenvalue weighted by atomic mass is 19.1. The van der Waals surface area contributed by atoms with Crippen LogP contribution in [0.3, 0.4) is 0 Å². The molecule has 8 heteroatoms. The molecule has 7 nitrogen and oxygen atoms in total. The fourth-order valence-electron chi connectivity index (χ4n) is 3.06. The first-order valence-electron chi connectivity index (χ1n) is 9.61. The van der Waals surface area contributed by atoms with Gasteiger partial charge in [0.1, 0.15) is 23.9 Å². The quantitative estimate of drug-likeness (QED) is 0.423. The van der Waals surface area contributed by atoms with Crippen molar-refractivity contribution >= 4 is 16.9 Å². The number of para-hydroxylation sites is 1. The van der Waals surface area contributed by atoms with Crippen LogP contribution in [0.25, 0.3) is 10.9 Å². The molecule has 0 N–H and O–H groups in total. The number of fused-ring (bicyclic) bond motifs is 1. The zero-order valence-corrected chi connectivity index (χ0v) is 16.7. The minimum atomic E-state index is -0.934. The van der Waals surface area contributed by atoms with Crippen LogP contribution in [0.2, 0.25) is 0 Å². The van der Waals surface area contributed by atoms with Gasteiger partial charge in [0.15, 0.2) is 11.9 Å². The largest absolute Gasteiger partial charge is 0.479 e. The summed E-state index contributed by atoms with van der Waals surface area (Å²) < 4.78 is 30.6. The summed E-state index contributed by atoms with van der Waals surface area (Å²) in [5.74, 6) is 0.141. The fourth-order valence-corrected chi connectivity index (χ4v) is 3.06. The second-order valence-electron chi connectivity index (χ2n) is 6.84. The molecule has 0 amide bonds. The third-order valence-corrected chi connectivity index (χ3v) is 4.64. The molecule has 2 aromatic heterocycles. The Morgan fingerprint density at radius 2 is 1.90 bits per heavy atom. The lowest BCUT2D eigenvalue weighted by atomic mass is 10.2. The predicted molar refractivity (Wildman–Crippen MR) is 110 cm³/mol. The Morgan fingerprint density at radius 1 is 1.13 bits per heavy atom. The molecule has 0 radical (unpaired) electrons. The van der Waals surface area contributed by atoms with Gasteiger partial charge < -0.3 is 13.9 Å². The number of ether oxygens (including phenoxy) is 2. The van der Waals surface area contributed by atoms with Crippen LogP contribution in [0.4, 0.5) is 4.39 Å². The minimum absolute atomic E-state index is 0.151. The van der Waals surface area contributed by atoms with Crippen molar-refractivity contribution < 1.29 is 23.1 Å². The molecule has 0 saturated carbocycles. The monoisotopic (exact) mass is 422 g/mol. The molecular formula is C23H19FN2O5. The SMILES string of the molecule is C[C@@H](Oc1ccc(F)cc1)C(=O)OCc1nc2ccccc2c(=O)n1Cc1ccco1. The van der Waals surface area contributed by atoms with E-state index in [-0.39, 0.29) is 24.5 Å². The van der Waals surface area contributed by atoms with E-state index in [0.717, 1.165) is 0 Å². The summed E-state index contributed by atoms with van der Waals surface area (Å²) >= 11 is 0. The lowest BCUT2D eigenvalue weighted by Gasteiger charge is -2.16. The number of aromatic nitrogens is 2. The number of benzene rings is 2. The average Bonchev–Trinajstić information content (AvgIpc) is 3.29. The summed E-state index contributed by atoms with van der Waals surface area (Å²) in [7, 11) is 0. The molecule has 4 rings (SSSR count). The lowest BCUT2D eigenvalue weighted by Crippen LogP contribution is -2.29. The Hall–Kier alpha value is -3.94. The van der Waals surface area contributed by atoms with E-state index < -0.39 is 17.9 Å². The second-order valence-corrected chi connectivity index (χ2v) is 6.84. The van der Waals surface area contributed by atoms with Gasteiger partial charge in [-0.05, 0) is 55.5 Å². The second kappa shape index (κ2) is 8.83. The highest BCUT2D eigenvalue weighted by Gasteiger charge is 2.19. The van der Waals surface area contributed by atoms with Crippen molar-refractivity contribution in [1.29, 1.82) is 0 Å². The topological polar surface area (TPSA) is 83.6 Å². The third-order valence-electron chi connectivity index (χ3n) is 4.64. The molecule has 2 aromatic carbocycles. The smallest absolute Gasteiger partial charge is 0.347 e. The Kier molecular flexibility index (Phi) is 5.79. The van der Waals surface area contributed by atoms with Crippen molar-refractivity contribution in [3.05, 3.63) is 94.7 Å². The Bertz CT molecular complexity index is 1250. The summed E-state index contributed by atoms with van der Waals surface area (Å²) in [6, 6.07) is 15.7. The van der Waals surface area contributed by atoms with E-state index in [1.54, 1.807) is 36.4 Å². The van der Waals surface area contributed by atoms with Gasteiger partial charge in [-0.15, -0.1) is 0 Å². The molecule has 0 aliphatic heterocycles. The van der Waals surface area contributed by atoms with E-state index >= 15 is 0 Å². The van der Waals surface area contributed by atoms with Gasteiger partial charge in [-0.2, -0.15) is 0 Å². The maximum Gasteiger partial charge on any atom is 0.347 e. The minimum Gasteiger partial charge on any atom is -0.479 e. The molecule has 1 atom stereocenters. The van der Waals surface area contributed by atoms with Gasteiger partial charge in [0.2, 0.25) is 0 Å². The van der Waals surface area contributed by atoms with Gasteiger partial charge in [-0.1, -0.05) is 12.1 Å². The van der Waals surface area contributed by atoms with Gasteiger partial charge in [-0.25, -0.2) is 14.2 Å². The lowest BCUT2D eigenvalue weighted by molar-refractivity contribution is -0.152. The molecule has 0 unspecified atom stereocenters. The predicted octanol–water partition coefficient (Wildman–Crippen LogP) is 3.69. The Labute approximate surface area is 176 Å². The van der Waals surface area contributed by atoms with E-state index in [0.29, 0.717) is 22.4 Å². The highest BCUT2D eigenvalue weighted by molar-refractivity contribution is 5.77. The maximum absolute atomic E-state index is 13.0. The average molecular weight is 422 g/mol. The summed E-state index contributed by atoms with van der Waals surface area (Å²) in [5.41, 5.74) is 0.244. The Morgan fingerprint density at radius 3 is 2.65 bits per heavy atom. The standard InChI is InChI=1S/C23H19FN2O5/c1-15(31-17-10-8-16(24)9-11-17)23(28)30-14-21-25-20-7-3-2-6-19(20)22(27)26(21)13-18-5-4-12-29-18/h2-12,15H,13-14H2,1H3/t15-/m1/s1. The fraction of sp³-hybridized carbons (Fsp3) is 0.174. The number of nitrogens with zero attached hydrogens (tertiary/aromatic N) is 2. The summed E-state index contributed by atoms with van der Waals surface area (Å²) in [6.07, 6.45) is 0.583. The van der Waals surface area contributed by atoms with Crippen LogP contribution in [-0.2, 0) is 22.7 Å². The van der Waals surface area contributed by atoms with E-state index in [1.807, 2.05) is 0 Å². The first-order chi connectivity index (χ1) is 15.0. The molecule has 0 fully saturated rings. The molecule has 4 aromatic rings. The molecule has 0 bridgehead atoms. The molecular weight excluding hydrogens is 403 g/mol. The Balaban J connectivity index is 1.54. The van der Waals surface area contributed by atoms with E-state index in [1.165, 1.54) is 42.0 Å². The van der Waals surface area contributed by atoms with Crippen molar-refractivity contribution in [2.75, 3.05) is 0 Å². The van der Waals surface area contributed by atoms with Crippen molar-refractivity contribution in [1.82, 2.24) is 9.55 Å². The molecule has 0 aliphatic rings. The van der Waals surface area contributed by atoms with Crippen LogP contribution in [0.1, 0.15) is 18.5 Å². The number of hydrogen-bond donors (Lipinski definition) is 0. The number of carbonyl (C=O) groups is 1. The van der Waals surface area contributed by atoms with Crippen LogP contribution in [-0.4, -0.2) is 21.6 Å². The summed E-state index contributed by atoms with van der Waals surface area (Å²) in [4.78, 5) is 29.9. The molecule has 2 heterocycles. The number of esters is 1. The van der Waals surface area contributed by atoms with E-state index in [4.69, 9.17) is 13.9 Å². The van der Waals surface area contributed by atoms with Crippen LogP contribution < -0.4 is 10.3 Å². The normalized spacial score (nSPS) is 11.9.